The van der Waals surface area contributed by atoms with Gasteiger partial charge in [-0.1, -0.05) is 24.3 Å². The third-order valence-electron chi connectivity index (χ3n) is 3.56. The lowest BCUT2D eigenvalue weighted by Crippen LogP contribution is -2.13. The van der Waals surface area contributed by atoms with E-state index >= 15 is 0 Å². The highest BCUT2D eigenvalue weighted by Crippen LogP contribution is 2.26. The average molecular weight is 311 g/mol. The first-order valence-corrected chi connectivity index (χ1v) is 7.07. The summed E-state index contributed by atoms with van der Waals surface area (Å²) < 4.78 is 18.1. The van der Waals surface area contributed by atoms with E-state index in [2.05, 4.69) is 4.99 Å². The smallest absolute Gasteiger partial charge is 0.349 e. The largest absolute Gasteiger partial charge is 0.506 e. The number of fused-ring (bicyclic) bond motifs is 1. The lowest BCUT2D eigenvalue weighted by Gasteiger charge is -2.06. The van der Waals surface area contributed by atoms with Crippen molar-refractivity contribution in [3.05, 3.63) is 75.9 Å². The maximum atomic E-state index is 12.9. The van der Waals surface area contributed by atoms with Crippen molar-refractivity contribution in [2.45, 2.75) is 13.5 Å². The molecule has 0 spiro atoms. The van der Waals surface area contributed by atoms with Crippen LogP contribution in [-0.2, 0) is 6.54 Å². The van der Waals surface area contributed by atoms with Gasteiger partial charge in [0.15, 0.2) is 0 Å². The molecule has 4 nitrogen and oxygen atoms in total. The van der Waals surface area contributed by atoms with Crippen LogP contribution in [0.3, 0.4) is 0 Å². The zero-order chi connectivity index (χ0) is 16.4. The highest BCUT2D eigenvalue weighted by Gasteiger charge is 2.15. The first-order valence-electron chi connectivity index (χ1n) is 7.07. The minimum Gasteiger partial charge on any atom is -0.506 e. The predicted molar refractivity (Wildman–Crippen MR) is 86.5 cm³/mol. The molecule has 0 fully saturated rings. The molecule has 1 N–H and O–H groups in total. The number of hydrogen-bond acceptors (Lipinski definition) is 4. The summed E-state index contributed by atoms with van der Waals surface area (Å²) in [6.45, 7) is 1.90. The molecule has 0 radical (unpaired) electrons. The molecule has 0 amide bonds. The molecule has 0 aliphatic heterocycles. The molecule has 0 atom stereocenters. The number of para-hydroxylation sites is 1. The van der Waals surface area contributed by atoms with E-state index < -0.39 is 5.63 Å². The highest BCUT2D eigenvalue weighted by atomic mass is 19.1. The second-order valence-electron chi connectivity index (χ2n) is 5.14. The summed E-state index contributed by atoms with van der Waals surface area (Å²) in [4.78, 5) is 16.4. The average Bonchev–Trinajstić information content (AvgIpc) is 2.54. The number of benzene rings is 2. The minimum atomic E-state index is -0.637. The van der Waals surface area contributed by atoms with Gasteiger partial charge in [-0.15, -0.1) is 0 Å². The van der Waals surface area contributed by atoms with E-state index in [-0.39, 0.29) is 23.7 Å². The van der Waals surface area contributed by atoms with Gasteiger partial charge in [0.05, 0.1) is 17.6 Å². The summed E-state index contributed by atoms with van der Waals surface area (Å²) in [5, 5.41) is 10.8. The van der Waals surface area contributed by atoms with E-state index in [0.717, 1.165) is 5.56 Å². The number of rotatable bonds is 3. The third kappa shape index (κ3) is 2.99. The summed E-state index contributed by atoms with van der Waals surface area (Å²) in [5.41, 5.74) is 0.902. The standard InChI is InChI=1S/C18H14FNO3/c1-11(20-10-12-6-8-13(19)9-7-12)16-17(21)14-4-2-3-5-15(14)23-18(16)22/h2-9,21H,10H2,1H3. The van der Waals surface area contributed by atoms with Crippen LogP contribution in [0.2, 0.25) is 0 Å². The Morgan fingerprint density at radius 1 is 1.17 bits per heavy atom. The summed E-state index contributed by atoms with van der Waals surface area (Å²) in [7, 11) is 0. The van der Waals surface area contributed by atoms with E-state index in [1.165, 1.54) is 12.1 Å². The van der Waals surface area contributed by atoms with Crippen molar-refractivity contribution in [3.8, 4) is 5.75 Å². The molecule has 0 bridgehead atoms. The van der Waals surface area contributed by atoms with Gasteiger partial charge in [0.25, 0.3) is 0 Å². The van der Waals surface area contributed by atoms with Crippen LogP contribution in [0.5, 0.6) is 5.75 Å². The maximum Gasteiger partial charge on any atom is 0.349 e. The van der Waals surface area contributed by atoms with Crippen molar-refractivity contribution in [1.82, 2.24) is 0 Å². The summed E-state index contributed by atoms with van der Waals surface area (Å²) in [5.74, 6) is -0.459. The van der Waals surface area contributed by atoms with Gasteiger partial charge in [-0.05, 0) is 36.8 Å². The van der Waals surface area contributed by atoms with Gasteiger partial charge < -0.3 is 9.52 Å². The molecule has 0 saturated heterocycles. The quantitative estimate of drug-likeness (QED) is 0.593. The number of aliphatic imine (C=N–C) groups is 1. The zero-order valence-electron chi connectivity index (χ0n) is 12.4. The molecule has 0 saturated carbocycles. The summed E-state index contributed by atoms with van der Waals surface area (Å²) in [6, 6.07) is 12.7. The maximum absolute atomic E-state index is 12.9. The Morgan fingerprint density at radius 2 is 1.87 bits per heavy atom. The number of halogens is 1. The fourth-order valence-corrected chi connectivity index (χ4v) is 2.33. The van der Waals surface area contributed by atoms with Crippen LogP contribution < -0.4 is 5.63 Å². The Labute approximate surface area is 131 Å². The van der Waals surface area contributed by atoms with Crippen LogP contribution in [-0.4, -0.2) is 10.8 Å². The monoisotopic (exact) mass is 311 g/mol. The third-order valence-corrected chi connectivity index (χ3v) is 3.56. The predicted octanol–water partition coefficient (Wildman–Crippen LogP) is 3.65. The van der Waals surface area contributed by atoms with Gasteiger partial charge in [-0.3, -0.25) is 4.99 Å². The Balaban J connectivity index is 2.00. The van der Waals surface area contributed by atoms with Crippen LogP contribution in [0.25, 0.3) is 11.0 Å². The Hall–Kier alpha value is -2.95. The van der Waals surface area contributed by atoms with Gasteiger partial charge in [-0.2, -0.15) is 0 Å². The highest BCUT2D eigenvalue weighted by molar-refractivity contribution is 6.04. The van der Waals surface area contributed by atoms with Crippen molar-refractivity contribution in [2.75, 3.05) is 0 Å². The molecule has 3 aromatic rings. The van der Waals surface area contributed by atoms with E-state index in [1.54, 1.807) is 43.3 Å². The van der Waals surface area contributed by atoms with Crippen LogP contribution in [0.4, 0.5) is 4.39 Å². The lowest BCUT2D eigenvalue weighted by molar-refractivity contribution is 0.466. The molecule has 0 aliphatic rings. The summed E-state index contributed by atoms with van der Waals surface area (Å²) >= 11 is 0. The van der Waals surface area contributed by atoms with Gasteiger partial charge in [0.2, 0.25) is 0 Å². The first-order chi connectivity index (χ1) is 11.1. The molecular formula is C18H14FNO3. The zero-order valence-corrected chi connectivity index (χ0v) is 12.4. The number of aromatic hydroxyl groups is 1. The molecule has 23 heavy (non-hydrogen) atoms. The fraction of sp³-hybridized carbons (Fsp3) is 0.111. The molecule has 1 aromatic heterocycles. The van der Waals surface area contributed by atoms with Crippen LogP contribution >= 0.6 is 0 Å². The SMILES string of the molecule is CC(=NCc1ccc(F)cc1)c1c(O)c2ccccc2oc1=O. The molecule has 1 heterocycles. The Morgan fingerprint density at radius 3 is 2.61 bits per heavy atom. The molecule has 0 unspecified atom stereocenters. The van der Waals surface area contributed by atoms with Crippen molar-refractivity contribution in [1.29, 1.82) is 0 Å². The lowest BCUT2D eigenvalue weighted by atomic mass is 10.1. The van der Waals surface area contributed by atoms with Crippen LogP contribution in [0.15, 0.2) is 62.7 Å². The Bertz CT molecular complexity index is 943. The molecule has 0 aliphatic carbocycles. The molecule has 116 valence electrons. The van der Waals surface area contributed by atoms with Crippen molar-refractivity contribution >= 4 is 16.7 Å². The van der Waals surface area contributed by atoms with Gasteiger partial charge in [-0.25, -0.2) is 9.18 Å². The normalized spacial score (nSPS) is 11.8. The minimum absolute atomic E-state index is 0.0470. The number of hydrogen-bond donors (Lipinski definition) is 1. The van der Waals surface area contributed by atoms with Gasteiger partial charge in [0, 0.05) is 0 Å². The second kappa shape index (κ2) is 6.04. The fourth-order valence-electron chi connectivity index (χ4n) is 2.33. The molecule has 5 heteroatoms. The van der Waals surface area contributed by atoms with E-state index in [0.29, 0.717) is 16.7 Å². The first kappa shape index (κ1) is 15.0. The van der Waals surface area contributed by atoms with Gasteiger partial charge >= 0.3 is 5.63 Å². The number of nitrogens with zero attached hydrogens (tertiary/aromatic N) is 1. The van der Waals surface area contributed by atoms with E-state index in [1.807, 2.05) is 0 Å². The topological polar surface area (TPSA) is 62.8 Å². The molecule has 3 rings (SSSR count). The van der Waals surface area contributed by atoms with Crippen molar-refractivity contribution in [3.63, 3.8) is 0 Å². The summed E-state index contributed by atoms with van der Waals surface area (Å²) in [6.07, 6.45) is 0. The molecular weight excluding hydrogens is 297 g/mol. The van der Waals surface area contributed by atoms with Crippen molar-refractivity contribution in [2.24, 2.45) is 4.99 Å². The molecule has 2 aromatic carbocycles. The van der Waals surface area contributed by atoms with Crippen LogP contribution in [0, 0.1) is 5.82 Å². The van der Waals surface area contributed by atoms with E-state index in [4.69, 9.17) is 4.42 Å². The van der Waals surface area contributed by atoms with Crippen molar-refractivity contribution < 1.29 is 13.9 Å². The van der Waals surface area contributed by atoms with Gasteiger partial charge in [0.1, 0.15) is 22.7 Å². The van der Waals surface area contributed by atoms with Crippen LogP contribution in [0.1, 0.15) is 18.1 Å². The Kier molecular flexibility index (Phi) is 3.93. The second-order valence-corrected chi connectivity index (χ2v) is 5.14. The van der Waals surface area contributed by atoms with E-state index in [9.17, 15) is 14.3 Å².